The topological polar surface area (TPSA) is 52.2 Å². The molecule has 0 aliphatic rings. The van der Waals surface area contributed by atoms with Crippen LogP contribution in [-0.4, -0.2) is 10.4 Å². The Balaban J connectivity index is 2.48. The van der Waals surface area contributed by atoms with Crippen LogP contribution < -0.4 is 5.76 Å². The molecule has 0 bridgehead atoms. The first-order chi connectivity index (χ1) is 8.95. The maximum absolute atomic E-state index is 12.3. The minimum Gasteiger partial charge on any atom is -0.408 e. The quantitative estimate of drug-likeness (QED) is 0.795. The molecule has 19 heavy (non-hydrogen) atoms. The van der Waals surface area contributed by atoms with Gasteiger partial charge in [0.15, 0.2) is 11.4 Å². The third-order valence-electron chi connectivity index (χ3n) is 3.68. The molecule has 1 atom stereocenters. The second kappa shape index (κ2) is 5.03. The third kappa shape index (κ3) is 2.35. The molecular formula is C15H19NO3. The van der Waals surface area contributed by atoms with E-state index in [-0.39, 0.29) is 23.4 Å². The SMILES string of the molecule is CCn1c(=O)oc2cc(C(=O)C(C)C(C)C)ccc21. The minimum absolute atomic E-state index is 0.0440. The maximum Gasteiger partial charge on any atom is 0.419 e. The molecule has 0 N–H and O–H groups in total. The van der Waals surface area contributed by atoms with Gasteiger partial charge in [-0.1, -0.05) is 20.8 Å². The van der Waals surface area contributed by atoms with Crippen molar-refractivity contribution in [3.05, 3.63) is 34.3 Å². The predicted octanol–water partition coefficient (Wildman–Crippen LogP) is 3.09. The van der Waals surface area contributed by atoms with Gasteiger partial charge in [-0.25, -0.2) is 4.79 Å². The average molecular weight is 261 g/mol. The van der Waals surface area contributed by atoms with Crippen molar-refractivity contribution in [3.8, 4) is 0 Å². The zero-order valence-corrected chi connectivity index (χ0v) is 11.8. The number of nitrogens with zero attached hydrogens (tertiary/aromatic N) is 1. The highest BCUT2D eigenvalue weighted by molar-refractivity contribution is 6.00. The van der Waals surface area contributed by atoms with Crippen LogP contribution in [0.25, 0.3) is 11.1 Å². The molecular weight excluding hydrogens is 242 g/mol. The lowest BCUT2D eigenvalue weighted by Gasteiger charge is -2.13. The molecule has 0 saturated carbocycles. The van der Waals surface area contributed by atoms with Gasteiger partial charge in [0.25, 0.3) is 0 Å². The fraction of sp³-hybridized carbons (Fsp3) is 0.467. The molecule has 1 unspecified atom stereocenters. The number of rotatable bonds is 4. The molecule has 102 valence electrons. The number of ketones is 1. The molecule has 0 fully saturated rings. The molecule has 2 aromatic rings. The van der Waals surface area contributed by atoms with Crippen molar-refractivity contribution in [1.82, 2.24) is 4.57 Å². The van der Waals surface area contributed by atoms with E-state index in [9.17, 15) is 9.59 Å². The standard InChI is InChI=1S/C15H19NO3/c1-5-16-12-7-6-11(8-13(12)19-15(16)18)14(17)10(4)9(2)3/h6-10H,5H2,1-4H3. The van der Waals surface area contributed by atoms with E-state index in [0.29, 0.717) is 17.7 Å². The van der Waals surface area contributed by atoms with E-state index >= 15 is 0 Å². The Labute approximate surface area is 112 Å². The first-order valence-corrected chi connectivity index (χ1v) is 6.63. The molecule has 0 spiro atoms. The Hall–Kier alpha value is -1.84. The highest BCUT2D eigenvalue weighted by Crippen LogP contribution is 2.20. The largest absolute Gasteiger partial charge is 0.419 e. The third-order valence-corrected chi connectivity index (χ3v) is 3.68. The summed E-state index contributed by atoms with van der Waals surface area (Å²) < 4.78 is 6.73. The van der Waals surface area contributed by atoms with Crippen LogP contribution in [0.2, 0.25) is 0 Å². The first kappa shape index (κ1) is 13.6. The van der Waals surface area contributed by atoms with Gasteiger partial charge in [-0.3, -0.25) is 9.36 Å². The number of oxazole rings is 1. The van der Waals surface area contributed by atoms with Crippen molar-refractivity contribution in [2.75, 3.05) is 0 Å². The Kier molecular flexibility index (Phi) is 3.60. The van der Waals surface area contributed by atoms with E-state index in [4.69, 9.17) is 4.42 Å². The summed E-state index contributed by atoms with van der Waals surface area (Å²) in [5.41, 5.74) is 1.82. The Morgan fingerprint density at radius 3 is 2.58 bits per heavy atom. The van der Waals surface area contributed by atoms with Gasteiger partial charge in [0.2, 0.25) is 0 Å². The van der Waals surface area contributed by atoms with Gasteiger partial charge in [-0.15, -0.1) is 0 Å². The highest BCUT2D eigenvalue weighted by atomic mass is 16.4. The molecule has 4 nitrogen and oxygen atoms in total. The van der Waals surface area contributed by atoms with Gasteiger partial charge in [0.1, 0.15) is 0 Å². The molecule has 1 aromatic heterocycles. The van der Waals surface area contributed by atoms with Crippen molar-refractivity contribution in [2.45, 2.75) is 34.2 Å². The molecule has 4 heteroatoms. The van der Waals surface area contributed by atoms with Crippen LogP contribution in [0, 0.1) is 11.8 Å². The van der Waals surface area contributed by atoms with E-state index in [1.54, 1.807) is 22.8 Å². The van der Waals surface area contributed by atoms with Crippen molar-refractivity contribution in [3.63, 3.8) is 0 Å². The monoisotopic (exact) mass is 261 g/mol. The number of carbonyl (C=O) groups excluding carboxylic acids is 1. The Morgan fingerprint density at radius 1 is 1.32 bits per heavy atom. The lowest BCUT2D eigenvalue weighted by molar-refractivity contribution is 0.0900. The summed E-state index contributed by atoms with van der Waals surface area (Å²) in [6.45, 7) is 8.41. The van der Waals surface area contributed by atoms with Gasteiger partial charge in [-0.2, -0.15) is 0 Å². The van der Waals surface area contributed by atoms with Crippen LogP contribution in [0.3, 0.4) is 0 Å². The number of hydrogen-bond donors (Lipinski definition) is 0. The Morgan fingerprint density at radius 2 is 2.00 bits per heavy atom. The summed E-state index contributed by atoms with van der Waals surface area (Å²) in [7, 11) is 0. The number of aromatic nitrogens is 1. The number of aryl methyl sites for hydroxylation is 1. The lowest BCUT2D eigenvalue weighted by Crippen LogP contribution is -2.16. The van der Waals surface area contributed by atoms with Crippen LogP contribution in [-0.2, 0) is 6.54 Å². The van der Waals surface area contributed by atoms with Crippen molar-refractivity contribution < 1.29 is 9.21 Å². The zero-order valence-electron chi connectivity index (χ0n) is 11.8. The van der Waals surface area contributed by atoms with Crippen LogP contribution in [0.1, 0.15) is 38.1 Å². The van der Waals surface area contributed by atoms with Gasteiger partial charge >= 0.3 is 5.76 Å². The number of hydrogen-bond acceptors (Lipinski definition) is 3. The molecule has 0 aliphatic carbocycles. The normalized spacial score (nSPS) is 13.1. The van der Waals surface area contributed by atoms with E-state index in [1.807, 2.05) is 27.7 Å². The molecule has 0 radical (unpaired) electrons. The summed E-state index contributed by atoms with van der Waals surface area (Å²) in [5.74, 6) is -0.0457. The fourth-order valence-corrected chi connectivity index (χ4v) is 2.08. The number of carbonyl (C=O) groups is 1. The summed E-state index contributed by atoms with van der Waals surface area (Å²) in [4.78, 5) is 23.9. The fourth-order valence-electron chi connectivity index (χ4n) is 2.08. The van der Waals surface area contributed by atoms with Crippen LogP contribution in [0.4, 0.5) is 0 Å². The predicted molar refractivity (Wildman–Crippen MR) is 74.5 cm³/mol. The van der Waals surface area contributed by atoms with Crippen LogP contribution in [0.5, 0.6) is 0 Å². The van der Waals surface area contributed by atoms with Gasteiger partial charge < -0.3 is 4.42 Å². The van der Waals surface area contributed by atoms with Gasteiger partial charge in [-0.05, 0) is 31.0 Å². The smallest absolute Gasteiger partial charge is 0.408 e. The van der Waals surface area contributed by atoms with Crippen molar-refractivity contribution in [2.24, 2.45) is 11.8 Å². The second-order valence-corrected chi connectivity index (χ2v) is 5.19. The summed E-state index contributed by atoms with van der Waals surface area (Å²) in [5, 5.41) is 0. The number of fused-ring (bicyclic) bond motifs is 1. The average Bonchev–Trinajstić information content (AvgIpc) is 2.70. The van der Waals surface area contributed by atoms with Gasteiger partial charge in [0, 0.05) is 18.0 Å². The first-order valence-electron chi connectivity index (χ1n) is 6.63. The molecule has 0 amide bonds. The summed E-state index contributed by atoms with van der Waals surface area (Å²) >= 11 is 0. The minimum atomic E-state index is -0.376. The van der Waals surface area contributed by atoms with E-state index < -0.39 is 0 Å². The van der Waals surface area contributed by atoms with Crippen molar-refractivity contribution >= 4 is 16.9 Å². The van der Waals surface area contributed by atoms with Crippen LogP contribution >= 0.6 is 0 Å². The molecule has 2 rings (SSSR count). The van der Waals surface area contributed by atoms with Crippen LogP contribution in [0.15, 0.2) is 27.4 Å². The lowest BCUT2D eigenvalue weighted by atomic mass is 9.90. The van der Waals surface area contributed by atoms with Crippen molar-refractivity contribution in [1.29, 1.82) is 0 Å². The number of benzene rings is 1. The second-order valence-electron chi connectivity index (χ2n) is 5.19. The van der Waals surface area contributed by atoms with E-state index in [0.717, 1.165) is 5.52 Å². The molecule has 0 saturated heterocycles. The number of Topliss-reactive ketones (excluding diaryl/α,β-unsaturated/α-hetero) is 1. The summed E-state index contributed by atoms with van der Waals surface area (Å²) in [6.07, 6.45) is 0. The maximum atomic E-state index is 12.3. The Bertz CT molecular complexity index is 664. The molecule has 1 aromatic carbocycles. The van der Waals surface area contributed by atoms with Gasteiger partial charge in [0.05, 0.1) is 5.52 Å². The van der Waals surface area contributed by atoms with E-state index in [2.05, 4.69) is 0 Å². The van der Waals surface area contributed by atoms with E-state index in [1.165, 1.54) is 0 Å². The molecule has 1 heterocycles. The summed E-state index contributed by atoms with van der Waals surface area (Å²) in [6, 6.07) is 5.22. The molecule has 0 aliphatic heterocycles. The zero-order chi connectivity index (χ0) is 14.2. The highest BCUT2D eigenvalue weighted by Gasteiger charge is 2.19.